The van der Waals surface area contributed by atoms with E-state index in [2.05, 4.69) is 45.1 Å². The van der Waals surface area contributed by atoms with Gasteiger partial charge < -0.3 is 90.7 Å². The summed E-state index contributed by atoms with van der Waals surface area (Å²) >= 11 is 0. The van der Waals surface area contributed by atoms with Gasteiger partial charge in [0.2, 0.25) is 0 Å². The van der Waals surface area contributed by atoms with Crippen LogP contribution in [0, 0.1) is 46.7 Å². The summed E-state index contributed by atoms with van der Waals surface area (Å²) in [5.41, 5.74) is -2.66. The van der Waals surface area contributed by atoms with Crippen LogP contribution in [0.2, 0.25) is 0 Å². The zero-order valence-electron chi connectivity index (χ0n) is 58.5. The molecule has 0 aromatic heterocycles. The summed E-state index contributed by atoms with van der Waals surface area (Å²) in [7, 11) is 0. The maximum atomic E-state index is 13.0. The summed E-state index contributed by atoms with van der Waals surface area (Å²) in [4.78, 5) is 50.7. The van der Waals surface area contributed by atoms with Gasteiger partial charge in [-0.25, -0.2) is 0 Å². The number of carbonyl (C=O) groups is 4. The predicted molar refractivity (Wildman–Crippen MR) is 342 cm³/mol. The van der Waals surface area contributed by atoms with E-state index in [4.69, 9.17) is 80.5 Å². The largest absolute Gasteiger partial charge is 0.461 e. The Bertz CT molecular complexity index is 2990. The Morgan fingerprint density at radius 2 is 1.19 bits per heavy atom. The van der Waals surface area contributed by atoms with E-state index >= 15 is 0 Å². The van der Waals surface area contributed by atoms with Crippen LogP contribution >= 0.6 is 0 Å². The Labute approximate surface area is 570 Å². The summed E-state index contributed by atoms with van der Waals surface area (Å²) in [5, 5.41) is 24.7. The standard InChI is InChI=1S/C74H104O23/c1-36-27-52-54(30-58-63(94-52)38(3)65(84-41(6)76)68-64(95-58)37(2)39(4)74(97-68)33-44(35-82-74)83-40(5)75)91-56-32-61-73(13,96-57(56)28-36)60(77)31-55-46(92-61)19-15-14-18-45-47(89-55)23-24-49-48(87-45)25-26-50-53(88-49)29-59-67(93-50)62(78)66-51(90-59)20-16-17-42(85-66)21-22-43(86-70(80)72(10,11)12)34-81-69(79)71(7,8)9/h14-15,21-26,36-39,42-68,77-78H,18-20,27-35H2,1-13H3/b15-14-,22-21+/t36-,37+,38-,39+,42-,43+,44+,45-,46+,47+,48+,49-,50-,51+,52+,53+,54-,55-,56+,57-,58+,59-,60-,61-,62-,63-,64-,65+,66+,67-,68-,73+,74-/m1/s1. The normalized spacial score (nSPS) is 48.6. The van der Waals surface area contributed by atoms with Gasteiger partial charge >= 0.3 is 23.9 Å². The average molecular weight is 1360 g/mol. The molecule has 0 amide bonds. The Hall–Kier alpha value is -4.02. The number of fused-ring (bicyclic) bond motifs is 11. The van der Waals surface area contributed by atoms with Crippen molar-refractivity contribution >= 4 is 23.9 Å². The molecule has 0 aliphatic carbocycles. The van der Waals surface area contributed by atoms with Crippen LogP contribution in [0.4, 0.5) is 0 Å². The molecule has 23 heteroatoms. The SMILES string of the molecule is CC(=O)O[C@@H]1CO[C@]2(C1)O[C@@H]1[C@H](O[C@H]3C[C@H]4O[C@H]5C[C@H]6O[C@H]7C/C=C\C[C@H]8O[C@H]9C=C[C@H]%10O[C@H]%11[C@H](O)[C@H]%12O[C@@H](/C=C/[C@@H](COC(=O)C(C)(C)C)OC(=O)C(C)(C)C)[C]=[C]C[C@@H]%12O[C@@H]%11C[C@@H]%10O[C@@H]9C=C[C@@H]8O[C@@H]7C[C@@H](O)[C@]6(C)O[C@@H]5C[C@H](C)C[C@@H]4O[C@@H]3[C@@H](C)[C@@H]1OC(C)=O)[C@@H](C)[C@@H]2C. The van der Waals surface area contributed by atoms with Crippen LogP contribution in [0.25, 0.3) is 0 Å². The molecular formula is C74H104O23. The molecule has 0 unspecified atom stereocenters. The minimum atomic E-state index is -1.10. The van der Waals surface area contributed by atoms with E-state index in [1.54, 1.807) is 53.7 Å². The number of aliphatic hydroxyl groups excluding tert-OH is 2. The van der Waals surface area contributed by atoms with Crippen molar-refractivity contribution in [2.45, 2.75) is 330 Å². The second kappa shape index (κ2) is 28.3. The average Bonchev–Trinajstić information content (AvgIpc) is 1.66. The van der Waals surface area contributed by atoms with Gasteiger partial charge in [-0.15, -0.1) is 0 Å². The van der Waals surface area contributed by atoms with E-state index in [-0.39, 0.29) is 74.0 Å². The van der Waals surface area contributed by atoms with Gasteiger partial charge in [-0.1, -0.05) is 70.2 Å². The summed E-state index contributed by atoms with van der Waals surface area (Å²) in [6.07, 6.45) is 10.7. The molecule has 1 spiro atoms. The first-order valence-corrected chi connectivity index (χ1v) is 35.8. The van der Waals surface area contributed by atoms with Crippen molar-refractivity contribution in [3.05, 3.63) is 60.8 Å². The third-order valence-electron chi connectivity index (χ3n) is 22.7. The molecule has 0 aromatic carbocycles. The lowest BCUT2D eigenvalue weighted by Gasteiger charge is -2.53. The first-order chi connectivity index (χ1) is 46.0. The van der Waals surface area contributed by atoms with Gasteiger partial charge in [0, 0.05) is 64.2 Å². The van der Waals surface area contributed by atoms with Crippen LogP contribution in [-0.4, -0.2) is 223 Å². The zero-order chi connectivity index (χ0) is 68.8. The molecule has 2 radical (unpaired) electrons. The monoisotopic (exact) mass is 1360 g/mol. The first-order valence-electron chi connectivity index (χ1n) is 35.8. The highest BCUT2D eigenvalue weighted by molar-refractivity contribution is 5.76. The van der Waals surface area contributed by atoms with Gasteiger partial charge in [0.25, 0.3) is 0 Å². The molecule has 2 N–H and O–H groups in total. The van der Waals surface area contributed by atoms with Crippen LogP contribution in [0.3, 0.4) is 0 Å². The van der Waals surface area contributed by atoms with E-state index in [9.17, 15) is 29.4 Å². The molecule has 23 nitrogen and oxygen atoms in total. The Morgan fingerprint density at radius 1 is 0.588 bits per heavy atom. The van der Waals surface area contributed by atoms with E-state index in [0.29, 0.717) is 51.4 Å². The second-order valence-corrected chi connectivity index (χ2v) is 32.1. The van der Waals surface area contributed by atoms with E-state index in [1.807, 2.05) is 38.2 Å². The number of hydrogen-bond acceptors (Lipinski definition) is 23. The molecule has 0 aromatic rings. The fourth-order valence-corrected chi connectivity index (χ4v) is 17.1. The molecule has 13 rings (SSSR count). The summed E-state index contributed by atoms with van der Waals surface area (Å²) in [6.45, 7) is 23.7. The van der Waals surface area contributed by atoms with Crippen LogP contribution in [0.5, 0.6) is 0 Å². The lowest BCUT2D eigenvalue weighted by molar-refractivity contribution is -0.340. The predicted octanol–water partition coefficient (Wildman–Crippen LogP) is 6.91. The highest BCUT2D eigenvalue weighted by atomic mass is 16.7. The van der Waals surface area contributed by atoms with Crippen LogP contribution in [-0.2, 0) is 99.7 Å². The molecule has 0 bridgehead atoms. The number of carbonyl (C=O) groups excluding carboxylic acids is 4. The fraction of sp³-hybridized carbons (Fsp3) is 0.811. The van der Waals surface area contributed by atoms with Crippen molar-refractivity contribution in [2.24, 2.45) is 34.5 Å². The van der Waals surface area contributed by atoms with E-state index in [1.165, 1.54) is 13.8 Å². The smallest absolute Gasteiger partial charge is 0.311 e. The summed E-state index contributed by atoms with van der Waals surface area (Å²) in [5.74, 6) is -3.28. The van der Waals surface area contributed by atoms with Gasteiger partial charge in [-0.05, 0) is 104 Å². The lowest BCUT2D eigenvalue weighted by atomic mass is 9.75. The van der Waals surface area contributed by atoms with Crippen molar-refractivity contribution in [1.82, 2.24) is 0 Å². The van der Waals surface area contributed by atoms with Crippen molar-refractivity contribution in [1.29, 1.82) is 0 Å². The molecule has 13 aliphatic rings. The minimum Gasteiger partial charge on any atom is -0.461 e. The van der Waals surface area contributed by atoms with Gasteiger partial charge in [0.15, 0.2) is 11.9 Å². The van der Waals surface area contributed by atoms with Gasteiger partial charge in [0.1, 0.15) is 79.4 Å². The number of aliphatic hydroxyl groups is 2. The first kappa shape index (κ1) is 71.4. The maximum Gasteiger partial charge on any atom is 0.311 e. The fourth-order valence-electron chi connectivity index (χ4n) is 17.1. The second-order valence-electron chi connectivity index (χ2n) is 32.1. The van der Waals surface area contributed by atoms with Gasteiger partial charge in [0.05, 0.1) is 109 Å². The maximum absolute atomic E-state index is 13.0. The van der Waals surface area contributed by atoms with Gasteiger partial charge in [-0.2, -0.15) is 0 Å². The Balaban J connectivity index is 0.655. The van der Waals surface area contributed by atoms with Crippen LogP contribution in [0.15, 0.2) is 48.6 Å². The Morgan fingerprint density at radius 3 is 1.91 bits per heavy atom. The van der Waals surface area contributed by atoms with Crippen LogP contribution < -0.4 is 0 Å². The number of rotatable bonds is 7. The molecule has 33 atom stereocenters. The molecule has 13 heterocycles. The van der Waals surface area contributed by atoms with Crippen LogP contribution in [0.1, 0.15) is 154 Å². The van der Waals surface area contributed by atoms with Crippen molar-refractivity contribution in [3.63, 3.8) is 0 Å². The van der Waals surface area contributed by atoms with Gasteiger partial charge in [-0.3, -0.25) is 19.2 Å². The van der Waals surface area contributed by atoms with Crippen molar-refractivity contribution in [3.8, 4) is 0 Å². The molecular weight excluding hydrogens is 1260 g/mol. The molecule has 538 valence electrons. The lowest BCUT2D eigenvalue weighted by Crippen LogP contribution is -2.63. The molecule has 0 saturated carbocycles. The number of ether oxygens (including phenoxy) is 17. The third-order valence-corrected chi connectivity index (χ3v) is 22.7. The highest BCUT2D eigenvalue weighted by Gasteiger charge is 2.64. The van der Waals surface area contributed by atoms with E-state index in [0.717, 1.165) is 0 Å². The minimum absolute atomic E-state index is 0.117. The number of esters is 4. The molecule has 9 saturated heterocycles. The number of hydrogen-bond donors (Lipinski definition) is 2. The highest BCUT2D eigenvalue weighted by Crippen LogP contribution is 2.53. The Kier molecular flexibility index (Phi) is 20.8. The quantitative estimate of drug-likeness (QED) is 0.149. The van der Waals surface area contributed by atoms with E-state index < -0.39 is 187 Å². The van der Waals surface area contributed by atoms with Crippen molar-refractivity contribution < 1.29 is 110 Å². The summed E-state index contributed by atoms with van der Waals surface area (Å²) in [6, 6.07) is 0. The molecule has 9 fully saturated rings. The van der Waals surface area contributed by atoms with Crippen molar-refractivity contribution in [2.75, 3.05) is 13.2 Å². The third kappa shape index (κ3) is 14.8. The molecule has 97 heavy (non-hydrogen) atoms. The zero-order valence-corrected chi connectivity index (χ0v) is 58.5. The molecule has 13 aliphatic heterocycles. The summed E-state index contributed by atoms with van der Waals surface area (Å²) < 4.78 is 114. The topological polar surface area (TPSA) is 266 Å².